The van der Waals surface area contributed by atoms with Crippen LogP contribution >= 0.6 is 0 Å². The Morgan fingerprint density at radius 2 is 2.15 bits per heavy atom. The molecule has 0 aromatic carbocycles. The highest BCUT2D eigenvalue weighted by atomic mass is 16.5. The fraction of sp³-hybridized carbons (Fsp3) is 0.667. The Hall–Kier alpha value is -1.65. The molecule has 0 aromatic rings. The summed E-state index contributed by atoms with van der Waals surface area (Å²) in [6.07, 6.45) is 2.12. The number of rotatable bonds is 3. The number of carbonyl (C=O) groups is 2. The first-order chi connectivity index (χ1) is 9.36. The summed E-state index contributed by atoms with van der Waals surface area (Å²) >= 11 is 0. The van der Waals surface area contributed by atoms with Gasteiger partial charge in [0.1, 0.15) is 11.8 Å². The van der Waals surface area contributed by atoms with Gasteiger partial charge in [-0.15, -0.1) is 0 Å². The molecule has 0 saturated carbocycles. The number of allylic oxidation sites excluding steroid dienone is 2. The summed E-state index contributed by atoms with van der Waals surface area (Å²) in [7, 11) is 0. The van der Waals surface area contributed by atoms with Crippen molar-refractivity contribution in [1.82, 2.24) is 0 Å². The van der Waals surface area contributed by atoms with E-state index in [1.54, 1.807) is 6.92 Å². The van der Waals surface area contributed by atoms with Gasteiger partial charge in [-0.3, -0.25) is 9.79 Å². The predicted octanol–water partition coefficient (Wildman–Crippen LogP) is 2.35. The first kappa shape index (κ1) is 14.8. The number of esters is 1. The van der Waals surface area contributed by atoms with Crippen LogP contribution in [0.1, 0.15) is 46.5 Å². The third kappa shape index (κ3) is 2.62. The molecule has 1 heterocycles. The number of carbonyl (C=O) groups excluding carboxylic acids is 2. The SMILES string of the molecule is CCOC(=O)C1CCC(C2=C(O)C(C)(C)CCC2=O)=N1. The third-order valence-corrected chi connectivity index (χ3v) is 3.95. The number of hydrogen-bond acceptors (Lipinski definition) is 5. The number of aliphatic hydroxyl groups is 1. The van der Waals surface area contributed by atoms with Crippen LogP contribution in [0.5, 0.6) is 0 Å². The number of hydrogen-bond donors (Lipinski definition) is 1. The van der Waals surface area contributed by atoms with E-state index in [1.165, 1.54) is 0 Å². The van der Waals surface area contributed by atoms with Crippen molar-refractivity contribution in [2.75, 3.05) is 6.61 Å². The van der Waals surface area contributed by atoms with Crippen LogP contribution in [0.15, 0.2) is 16.3 Å². The molecule has 0 bridgehead atoms. The highest BCUT2D eigenvalue weighted by molar-refractivity contribution is 6.24. The highest BCUT2D eigenvalue weighted by Gasteiger charge is 2.38. The van der Waals surface area contributed by atoms with Crippen LogP contribution in [0, 0.1) is 5.41 Å². The maximum atomic E-state index is 12.1. The van der Waals surface area contributed by atoms with Crippen LogP contribution in [0.2, 0.25) is 0 Å². The Morgan fingerprint density at radius 1 is 1.45 bits per heavy atom. The number of Topliss-reactive ketones (excluding diaryl/α,β-unsaturated/α-hetero) is 1. The molecule has 2 rings (SSSR count). The van der Waals surface area contributed by atoms with Crippen molar-refractivity contribution in [1.29, 1.82) is 0 Å². The van der Waals surface area contributed by atoms with Gasteiger partial charge in [0.05, 0.1) is 17.9 Å². The summed E-state index contributed by atoms with van der Waals surface area (Å²) in [6, 6.07) is -0.539. The van der Waals surface area contributed by atoms with E-state index in [1.807, 2.05) is 13.8 Å². The lowest BCUT2D eigenvalue weighted by Crippen LogP contribution is -2.29. The van der Waals surface area contributed by atoms with Gasteiger partial charge in [0, 0.05) is 11.8 Å². The van der Waals surface area contributed by atoms with Gasteiger partial charge in [0.25, 0.3) is 0 Å². The van der Waals surface area contributed by atoms with Gasteiger partial charge in [0.15, 0.2) is 5.78 Å². The van der Waals surface area contributed by atoms with Gasteiger partial charge in [-0.05, 0) is 26.2 Å². The largest absolute Gasteiger partial charge is 0.511 e. The maximum Gasteiger partial charge on any atom is 0.330 e. The number of ketones is 1. The van der Waals surface area contributed by atoms with E-state index in [0.717, 1.165) is 0 Å². The molecule has 1 aliphatic heterocycles. The smallest absolute Gasteiger partial charge is 0.330 e. The summed E-state index contributed by atoms with van der Waals surface area (Å²) in [5, 5.41) is 10.3. The molecule has 110 valence electrons. The second-order valence-electron chi connectivity index (χ2n) is 5.91. The van der Waals surface area contributed by atoms with E-state index in [9.17, 15) is 14.7 Å². The van der Waals surface area contributed by atoms with E-state index in [4.69, 9.17) is 4.74 Å². The van der Waals surface area contributed by atoms with Crippen LogP contribution < -0.4 is 0 Å². The summed E-state index contributed by atoms with van der Waals surface area (Å²) < 4.78 is 4.95. The zero-order chi connectivity index (χ0) is 14.9. The standard InChI is InChI=1S/C15H21NO4/c1-4-20-14(19)10-6-5-9(16-10)12-11(17)7-8-15(2,3)13(12)18/h10,18H,4-8H2,1-3H3. The summed E-state index contributed by atoms with van der Waals surface area (Å²) in [5.41, 5.74) is 0.472. The fourth-order valence-corrected chi connectivity index (χ4v) is 2.63. The lowest BCUT2D eigenvalue weighted by molar-refractivity contribution is -0.144. The zero-order valence-corrected chi connectivity index (χ0v) is 12.2. The molecule has 1 aliphatic carbocycles. The molecular weight excluding hydrogens is 258 g/mol. The minimum Gasteiger partial charge on any atom is -0.511 e. The van der Waals surface area contributed by atoms with Crippen molar-refractivity contribution >= 4 is 17.5 Å². The van der Waals surface area contributed by atoms with Crippen molar-refractivity contribution in [3.05, 3.63) is 11.3 Å². The Bertz CT molecular complexity index is 502. The predicted molar refractivity (Wildman–Crippen MR) is 74.8 cm³/mol. The molecule has 0 aromatic heterocycles. The van der Waals surface area contributed by atoms with Crippen LogP contribution in [0.4, 0.5) is 0 Å². The summed E-state index contributed by atoms with van der Waals surface area (Å²) in [6.45, 7) is 5.89. The van der Waals surface area contributed by atoms with E-state index in [-0.39, 0.29) is 17.5 Å². The minimum atomic E-state index is -0.539. The van der Waals surface area contributed by atoms with Gasteiger partial charge in [-0.25, -0.2) is 4.79 Å². The van der Waals surface area contributed by atoms with Gasteiger partial charge >= 0.3 is 5.97 Å². The number of aliphatic imine (C=N–C) groups is 1. The molecule has 0 fully saturated rings. The van der Waals surface area contributed by atoms with Gasteiger partial charge in [0.2, 0.25) is 0 Å². The Kier molecular flexibility index (Phi) is 3.97. The van der Waals surface area contributed by atoms with Crippen molar-refractivity contribution < 1.29 is 19.4 Å². The number of ether oxygens (including phenoxy) is 1. The average Bonchev–Trinajstić information content (AvgIpc) is 2.85. The molecule has 5 heteroatoms. The highest BCUT2D eigenvalue weighted by Crippen LogP contribution is 2.38. The summed E-state index contributed by atoms with van der Waals surface area (Å²) in [4.78, 5) is 28.0. The zero-order valence-electron chi connectivity index (χ0n) is 12.2. The van der Waals surface area contributed by atoms with E-state index in [2.05, 4.69) is 4.99 Å². The van der Waals surface area contributed by atoms with Gasteiger partial charge in [-0.2, -0.15) is 0 Å². The minimum absolute atomic E-state index is 0.0786. The van der Waals surface area contributed by atoms with Crippen molar-refractivity contribution in [3.8, 4) is 0 Å². The quantitative estimate of drug-likeness (QED) is 0.805. The second-order valence-corrected chi connectivity index (χ2v) is 5.91. The van der Waals surface area contributed by atoms with Crippen molar-refractivity contribution in [2.45, 2.75) is 52.5 Å². The monoisotopic (exact) mass is 279 g/mol. The second kappa shape index (κ2) is 5.38. The average molecular weight is 279 g/mol. The van der Waals surface area contributed by atoms with Crippen LogP contribution in [-0.2, 0) is 14.3 Å². The molecule has 1 unspecified atom stereocenters. The lowest BCUT2D eigenvalue weighted by atomic mass is 9.75. The normalized spacial score (nSPS) is 25.6. The molecule has 0 spiro atoms. The first-order valence-corrected chi connectivity index (χ1v) is 7.07. The molecule has 0 saturated heterocycles. The summed E-state index contributed by atoms with van der Waals surface area (Å²) in [5.74, 6) is -0.327. The molecule has 1 N–H and O–H groups in total. The Morgan fingerprint density at radius 3 is 2.80 bits per heavy atom. The molecule has 2 aliphatic rings. The van der Waals surface area contributed by atoms with Crippen molar-refractivity contribution in [3.63, 3.8) is 0 Å². The molecule has 5 nitrogen and oxygen atoms in total. The van der Waals surface area contributed by atoms with Crippen LogP contribution in [0.25, 0.3) is 0 Å². The van der Waals surface area contributed by atoms with Gasteiger partial charge in [-0.1, -0.05) is 13.8 Å². The first-order valence-electron chi connectivity index (χ1n) is 7.07. The molecule has 1 atom stereocenters. The molecule has 0 radical (unpaired) electrons. The van der Waals surface area contributed by atoms with E-state index >= 15 is 0 Å². The maximum absolute atomic E-state index is 12.1. The fourth-order valence-electron chi connectivity index (χ4n) is 2.63. The number of aliphatic hydroxyl groups excluding tert-OH is 1. The van der Waals surface area contributed by atoms with E-state index < -0.39 is 11.5 Å². The third-order valence-electron chi connectivity index (χ3n) is 3.95. The van der Waals surface area contributed by atoms with E-state index in [0.29, 0.717) is 43.6 Å². The topological polar surface area (TPSA) is 76.0 Å². The molecule has 0 amide bonds. The molecule has 20 heavy (non-hydrogen) atoms. The van der Waals surface area contributed by atoms with Crippen LogP contribution in [-0.4, -0.2) is 35.2 Å². The van der Waals surface area contributed by atoms with Gasteiger partial charge < -0.3 is 9.84 Å². The molecular formula is C15H21NO4. The number of nitrogens with zero attached hydrogens (tertiary/aromatic N) is 1. The Labute approximate surface area is 118 Å². The van der Waals surface area contributed by atoms with Crippen LogP contribution in [0.3, 0.4) is 0 Å². The lowest BCUT2D eigenvalue weighted by Gasteiger charge is -2.30. The van der Waals surface area contributed by atoms with Crippen molar-refractivity contribution in [2.24, 2.45) is 10.4 Å². The Balaban J connectivity index is 2.29.